The van der Waals surface area contributed by atoms with Crippen LogP contribution >= 0.6 is 0 Å². The largest absolute Gasteiger partial charge is 0.117 e. The van der Waals surface area contributed by atoms with Crippen molar-refractivity contribution in [2.24, 2.45) is 5.92 Å². The van der Waals surface area contributed by atoms with E-state index >= 15 is 0 Å². The molecule has 0 bridgehead atoms. The first-order chi connectivity index (χ1) is 8.63. The van der Waals surface area contributed by atoms with Crippen LogP contribution in [0.4, 0.5) is 0 Å². The summed E-state index contributed by atoms with van der Waals surface area (Å²) >= 11 is 0. The van der Waals surface area contributed by atoms with Crippen LogP contribution in [-0.2, 0) is 6.42 Å². The predicted octanol–water partition coefficient (Wildman–Crippen LogP) is 3.84. The number of rotatable bonds is 4. The lowest BCUT2D eigenvalue weighted by atomic mass is 10.1. The lowest BCUT2D eigenvalue weighted by Gasteiger charge is -2.13. The Hall–Kier alpha value is -1.08. The van der Waals surface area contributed by atoms with Crippen LogP contribution in [0.5, 0.6) is 0 Å². The van der Waals surface area contributed by atoms with Crippen LogP contribution in [-0.4, -0.2) is 9.52 Å². The van der Waals surface area contributed by atoms with E-state index in [4.69, 9.17) is 0 Å². The van der Waals surface area contributed by atoms with Gasteiger partial charge in [0.2, 0.25) is 0 Å². The molecule has 0 saturated heterocycles. The molecule has 1 aliphatic rings. The summed E-state index contributed by atoms with van der Waals surface area (Å²) < 4.78 is 0. The van der Waals surface area contributed by atoms with E-state index in [9.17, 15) is 0 Å². The minimum absolute atomic E-state index is 0.623. The van der Waals surface area contributed by atoms with Gasteiger partial charge in [-0.25, -0.2) is 0 Å². The van der Waals surface area contributed by atoms with E-state index in [0.29, 0.717) is 5.92 Å². The SMILES string of the molecule is CCCc1ccccc1[Si]C1=C(C)C(C)=CC1C. The molecule has 0 N–H and O–H groups in total. The van der Waals surface area contributed by atoms with E-state index in [-0.39, 0.29) is 0 Å². The highest BCUT2D eigenvalue weighted by atomic mass is 28.2. The summed E-state index contributed by atoms with van der Waals surface area (Å²) in [6.45, 7) is 9.10. The highest BCUT2D eigenvalue weighted by molar-refractivity contribution is 6.62. The van der Waals surface area contributed by atoms with Gasteiger partial charge in [0.05, 0.1) is 0 Å². The zero-order valence-electron chi connectivity index (χ0n) is 11.9. The predicted molar refractivity (Wildman–Crippen MR) is 81.4 cm³/mol. The molecule has 18 heavy (non-hydrogen) atoms. The molecule has 1 unspecified atom stereocenters. The molecule has 0 amide bonds. The Morgan fingerprint density at radius 2 is 1.89 bits per heavy atom. The van der Waals surface area contributed by atoms with E-state index < -0.39 is 0 Å². The molecule has 0 nitrogen and oxygen atoms in total. The summed E-state index contributed by atoms with van der Waals surface area (Å²) in [7, 11) is 0.841. The Morgan fingerprint density at radius 1 is 1.17 bits per heavy atom. The Morgan fingerprint density at radius 3 is 2.50 bits per heavy atom. The average Bonchev–Trinajstić information content (AvgIpc) is 2.59. The normalized spacial score (nSPS) is 19.3. The van der Waals surface area contributed by atoms with E-state index in [2.05, 4.69) is 58.0 Å². The zero-order valence-corrected chi connectivity index (χ0v) is 12.9. The maximum absolute atomic E-state index is 2.40. The van der Waals surface area contributed by atoms with Gasteiger partial charge in [0.25, 0.3) is 0 Å². The van der Waals surface area contributed by atoms with Crippen LogP contribution in [0.2, 0.25) is 0 Å². The summed E-state index contributed by atoms with van der Waals surface area (Å²) in [5, 5.41) is 3.18. The molecule has 2 radical (unpaired) electrons. The van der Waals surface area contributed by atoms with E-state index in [1.165, 1.54) is 29.6 Å². The van der Waals surface area contributed by atoms with Crippen molar-refractivity contribution in [2.45, 2.75) is 40.5 Å². The van der Waals surface area contributed by atoms with Gasteiger partial charge in [-0.15, -0.1) is 0 Å². The van der Waals surface area contributed by atoms with Gasteiger partial charge in [-0.2, -0.15) is 0 Å². The molecule has 1 heteroatoms. The molecular weight excluding hydrogens is 232 g/mol. The molecule has 0 aromatic heterocycles. The van der Waals surface area contributed by atoms with E-state index in [0.717, 1.165) is 9.52 Å². The fourth-order valence-corrected chi connectivity index (χ4v) is 4.15. The topological polar surface area (TPSA) is 0 Å². The number of aryl methyl sites for hydroxylation is 1. The van der Waals surface area contributed by atoms with Gasteiger partial charge in [0.1, 0.15) is 9.52 Å². The van der Waals surface area contributed by atoms with Gasteiger partial charge in [-0.05, 0) is 31.7 Å². The number of hydrogen-bond acceptors (Lipinski definition) is 0. The van der Waals surface area contributed by atoms with E-state index in [1.54, 1.807) is 10.4 Å². The van der Waals surface area contributed by atoms with Gasteiger partial charge >= 0.3 is 0 Å². The molecule has 0 aliphatic heterocycles. The summed E-state index contributed by atoms with van der Waals surface area (Å²) in [6.07, 6.45) is 4.84. The van der Waals surface area contributed by atoms with Gasteiger partial charge < -0.3 is 0 Å². The van der Waals surface area contributed by atoms with Crippen molar-refractivity contribution in [1.29, 1.82) is 0 Å². The lowest BCUT2D eigenvalue weighted by Crippen LogP contribution is -2.23. The van der Waals surface area contributed by atoms with Crippen molar-refractivity contribution in [1.82, 2.24) is 0 Å². The standard InChI is InChI=1S/C17H22Si/c1-5-8-15-9-6-7-10-16(15)18-17-13(3)11-12(2)14(17)4/h6-7,9-11,13H,5,8H2,1-4H3. The van der Waals surface area contributed by atoms with Gasteiger partial charge in [-0.1, -0.05) is 72.1 Å². The van der Waals surface area contributed by atoms with Crippen LogP contribution in [0.15, 0.2) is 46.7 Å². The summed E-state index contributed by atoms with van der Waals surface area (Å²) in [5.41, 5.74) is 4.53. The van der Waals surface area contributed by atoms with E-state index in [1.807, 2.05) is 0 Å². The Kier molecular flexibility index (Phi) is 4.23. The van der Waals surface area contributed by atoms with Crippen LogP contribution in [0.25, 0.3) is 0 Å². The molecule has 2 rings (SSSR count). The molecule has 0 saturated carbocycles. The smallest absolute Gasteiger partial charge is 0.0748 e. The molecule has 1 aromatic rings. The first-order valence-corrected chi connectivity index (χ1v) is 7.88. The maximum Gasteiger partial charge on any atom is 0.117 e. The first kappa shape index (κ1) is 13.4. The molecule has 0 spiro atoms. The third kappa shape index (κ3) is 2.67. The van der Waals surface area contributed by atoms with Crippen molar-refractivity contribution < 1.29 is 0 Å². The molecular formula is C17H22Si. The van der Waals surface area contributed by atoms with Gasteiger partial charge in [0, 0.05) is 0 Å². The number of benzene rings is 1. The fraction of sp³-hybridized carbons (Fsp3) is 0.412. The minimum Gasteiger partial charge on any atom is -0.0748 e. The second-order valence-electron chi connectivity index (χ2n) is 5.21. The Balaban J connectivity index is 2.25. The molecule has 1 aliphatic carbocycles. The average molecular weight is 254 g/mol. The van der Waals surface area contributed by atoms with Gasteiger partial charge in [-0.3, -0.25) is 0 Å². The van der Waals surface area contributed by atoms with Crippen molar-refractivity contribution in [3.05, 3.63) is 52.2 Å². The summed E-state index contributed by atoms with van der Waals surface area (Å²) in [5.74, 6) is 0.623. The quantitative estimate of drug-likeness (QED) is 0.716. The summed E-state index contributed by atoms with van der Waals surface area (Å²) in [4.78, 5) is 0. The number of allylic oxidation sites excluding steroid dienone is 4. The molecule has 0 heterocycles. The van der Waals surface area contributed by atoms with Crippen LogP contribution < -0.4 is 5.19 Å². The number of hydrogen-bond donors (Lipinski definition) is 0. The van der Waals surface area contributed by atoms with Crippen LogP contribution in [0.1, 0.15) is 39.7 Å². The maximum atomic E-state index is 2.40. The second kappa shape index (κ2) is 5.70. The molecule has 94 valence electrons. The highest BCUT2D eigenvalue weighted by Crippen LogP contribution is 2.29. The van der Waals surface area contributed by atoms with Crippen LogP contribution in [0, 0.1) is 5.92 Å². The van der Waals surface area contributed by atoms with Crippen molar-refractivity contribution >= 4 is 14.7 Å². The third-order valence-electron chi connectivity index (χ3n) is 3.76. The van der Waals surface area contributed by atoms with Crippen LogP contribution in [0.3, 0.4) is 0 Å². The van der Waals surface area contributed by atoms with Crippen molar-refractivity contribution in [3.8, 4) is 0 Å². The second-order valence-corrected chi connectivity index (χ2v) is 6.54. The van der Waals surface area contributed by atoms with Gasteiger partial charge in [0.15, 0.2) is 0 Å². The minimum atomic E-state index is 0.623. The summed E-state index contributed by atoms with van der Waals surface area (Å²) in [6, 6.07) is 8.95. The highest BCUT2D eigenvalue weighted by Gasteiger charge is 2.19. The zero-order chi connectivity index (χ0) is 13.1. The van der Waals surface area contributed by atoms with Crippen molar-refractivity contribution in [3.63, 3.8) is 0 Å². The lowest BCUT2D eigenvalue weighted by molar-refractivity contribution is 0.921. The first-order valence-electron chi connectivity index (χ1n) is 6.88. The fourth-order valence-electron chi connectivity index (χ4n) is 2.62. The Bertz CT molecular complexity index is 494. The Labute approximate surface area is 114 Å². The molecule has 0 fully saturated rings. The van der Waals surface area contributed by atoms with Crippen molar-refractivity contribution in [2.75, 3.05) is 0 Å². The molecule has 1 aromatic carbocycles. The monoisotopic (exact) mass is 254 g/mol. The third-order valence-corrected chi connectivity index (χ3v) is 5.61. The molecule has 1 atom stereocenters.